The van der Waals surface area contributed by atoms with Gasteiger partial charge in [-0.25, -0.2) is 0 Å². The van der Waals surface area contributed by atoms with Crippen molar-refractivity contribution in [2.45, 2.75) is 33.2 Å². The van der Waals surface area contributed by atoms with Crippen LogP contribution in [0.1, 0.15) is 43.5 Å². The highest BCUT2D eigenvalue weighted by Gasteiger charge is 2.28. The lowest BCUT2D eigenvalue weighted by molar-refractivity contribution is -0.690. The summed E-state index contributed by atoms with van der Waals surface area (Å²) in [6.45, 7) is 8.87. The molecular formula is C22H30NO4+. The van der Waals surface area contributed by atoms with Gasteiger partial charge >= 0.3 is 0 Å². The zero-order valence-corrected chi connectivity index (χ0v) is 16.7. The summed E-state index contributed by atoms with van der Waals surface area (Å²) in [5.41, 5.74) is 3.80. The monoisotopic (exact) mass is 372 g/mol. The van der Waals surface area contributed by atoms with Gasteiger partial charge in [-0.1, -0.05) is 0 Å². The third-order valence-electron chi connectivity index (χ3n) is 4.80. The Balaban J connectivity index is 2.02. The number of hydrogen-bond donors (Lipinski definition) is 1. The average Bonchev–Trinajstić information content (AvgIpc) is 2.68. The smallest absolute Gasteiger partial charge is 0.161 e. The molecule has 0 unspecified atom stereocenters. The van der Waals surface area contributed by atoms with Crippen LogP contribution in [0.15, 0.2) is 30.3 Å². The van der Waals surface area contributed by atoms with Crippen LogP contribution < -0.4 is 24.3 Å². The van der Waals surface area contributed by atoms with Gasteiger partial charge in [-0.05, 0) is 56.7 Å². The van der Waals surface area contributed by atoms with Crippen molar-refractivity contribution >= 4 is 0 Å². The van der Waals surface area contributed by atoms with Crippen molar-refractivity contribution in [3.8, 4) is 23.0 Å². The highest BCUT2D eigenvalue weighted by Crippen LogP contribution is 2.38. The summed E-state index contributed by atoms with van der Waals surface area (Å²) in [6.07, 6.45) is 1.02. The summed E-state index contributed by atoms with van der Waals surface area (Å²) in [6, 6.07) is 10.7. The molecule has 0 aliphatic carbocycles. The Morgan fingerprint density at radius 2 is 1.48 bits per heavy atom. The Morgan fingerprint density at radius 1 is 0.852 bits per heavy atom. The molecule has 0 spiro atoms. The van der Waals surface area contributed by atoms with Gasteiger partial charge in [0.1, 0.15) is 6.04 Å². The van der Waals surface area contributed by atoms with Gasteiger partial charge in [0.15, 0.2) is 23.0 Å². The average molecular weight is 372 g/mol. The van der Waals surface area contributed by atoms with Crippen LogP contribution in [0, 0.1) is 0 Å². The molecule has 0 radical (unpaired) electrons. The predicted octanol–water partition coefficient (Wildman–Crippen LogP) is 3.10. The molecule has 0 fully saturated rings. The molecule has 3 rings (SSSR count). The zero-order valence-electron chi connectivity index (χ0n) is 16.7. The SMILES string of the molecule is CCOc1cc([C@H]2[NH2+]CCc3cc(OCC)c(OCC)cc32)ccc1OC. The van der Waals surface area contributed by atoms with Crippen LogP contribution in [0.5, 0.6) is 23.0 Å². The minimum Gasteiger partial charge on any atom is -0.493 e. The molecule has 0 saturated heterocycles. The van der Waals surface area contributed by atoms with E-state index >= 15 is 0 Å². The minimum atomic E-state index is 0.203. The number of benzene rings is 2. The van der Waals surface area contributed by atoms with E-state index in [1.165, 1.54) is 16.7 Å². The summed E-state index contributed by atoms with van der Waals surface area (Å²) in [7, 11) is 1.67. The Morgan fingerprint density at radius 3 is 2.11 bits per heavy atom. The van der Waals surface area contributed by atoms with E-state index in [9.17, 15) is 0 Å². The Hall–Kier alpha value is -2.40. The molecule has 1 heterocycles. The van der Waals surface area contributed by atoms with Crippen molar-refractivity contribution in [2.24, 2.45) is 0 Å². The first-order valence-corrected chi connectivity index (χ1v) is 9.78. The van der Waals surface area contributed by atoms with Gasteiger partial charge < -0.3 is 24.3 Å². The molecule has 5 nitrogen and oxygen atoms in total. The van der Waals surface area contributed by atoms with Crippen molar-refractivity contribution in [3.05, 3.63) is 47.0 Å². The topological polar surface area (TPSA) is 53.5 Å². The van der Waals surface area contributed by atoms with Gasteiger partial charge in [0, 0.05) is 17.5 Å². The largest absolute Gasteiger partial charge is 0.493 e. The molecule has 0 saturated carbocycles. The maximum Gasteiger partial charge on any atom is 0.161 e. The highest BCUT2D eigenvalue weighted by molar-refractivity contribution is 5.52. The van der Waals surface area contributed by atoms with Crippen molar-refractivity contribution < 1.29 is 24.3 Å². The summed E-state index contributed by atoms with van der Waals surface area (Å²) < 4.78 is 22.9. The lowest BCUT2D eigenvalue weighted by Crippen LogP contribution is -2.87. The summed E-state index contributed by atoms with van der Waals surface area (Å²) in [5.74, 6) is 3.20. The van der Waals surface area contributed by atoms with E-state index in [1.807, 2.05) is 26.8 Å². The van der Waals surface area contributed by atoms with E-state index in [4.69, 9.17) is 18.9 Å². The fraction of sp³-hybridized carbons (Fsp3) is 0.455. The van der Waals surface area contributed by atoms with Crippen LogP contribution in [0.2, 0.25) is 0 Å². The summed E-state index contributed by atoms with van der Waals surface area (Å²) >= 11 is 0. The van der Waals surface area contributed by atoms with Gasteiger partial charge in [0.2, 0.25) is 0 Å². The van der Waals surface area contributed by atoms with Crippen molar-refractivity contribution in [2.75, 3.05) is 33.5 Å². The van der Waals surface area contributed by atoms with Crippen LogP contribution in [-0.2, 0) is 6.42 Å². The number of ether oxygens (including phenoxy) is 4. The van der Waals surface area contributed by atoms with E-state index in [0.29, 0.717) is 19.8 Å². The normalized spacial score (nSPS) is 15.8. The van der Waals surface area contributed by atoms with E-state index in [1.54, 1.807) is 7.11 Å². The van der Waals surface area contributed by atoms with Gasteiger partial charge in [0.05, 0.1) is 33.5 Å². The lowest BCUT2D eigenvalue weighted by Gasteiger charge is -2.26. The summed E-state index contributed by atoms with van der Waals surface area (Å²) in [4.78, 5) is 0. The molecule has 2 N–H and O–H groups in total. The number of methoxy groups -OCH3 is 1. The third kappa shape index (κ3) is 4.14. The Kier molecular flexibility index (Phi) is 6.45. The van der Waals surface area contributed by atoms with Gasteiger partial charge in [-0.2, -0.15) is 0 Å². The van der Waals surface area contributed by atoms with Crippen LogP contribution in [0.4, 0.5) is 0 Å². The van der Waals surface area contributed by atoms with Crippen molar-refractivity contribution in [1.82, 2.24) is 0 Å². The van der Waals surface area contributed by atoms with E-state index in [0.717, 1.165) is 36.0 Å². The van der Waals surface area contributed by atoms with Gasteiger partial charge in [-0.15, -0.1) is 0 Å². The molecule has 2 aromatic rings. The third-order valence-corrected chi connectivity index (χ3v) is 4.80. The number of hydrogen-bond acceptors (Lipinski definition) is 4. The minimum absolute atomic E-state index is 0.203. The van der Waals surface area contributed by atoms with Gasteiger partial charge in [0.25, 0.3) is 0 Å². The maximum atomic E-state index is 5.86. The molecular weight excluding hydrogens is 342 g/mol. The molecule has 1 atom stereocenters. The van der Waals surface area contributed by atoms with Crippen LogP contribution in [-0.4, -0.2) is 33.5 Å². The molecule has 0 bridgehead atoms. The van der Waals surface area contributed by atoms with E-state index < -0.39 is 0 Å². The standard InChI is InChI=1S/C22H29NO4/c1-5-25-19-13-16(8-9-18(19)24-4)22-17-14-21(27-7-3)20(26-6-2)12-15(17)10-11-23-22/h8-9,12-14,22-23H,5-7,10-11H2,1-4H3/p+1/t22-/m1/s1. The van der Waals surface area contributed by atoms with Crippen molar-refractivity contribution in [3.63, 3.8) is 0 Å². The first-order chi connectivity index (χ1) is 13.2. The Bertz CT molecular complexity index is 775. The van der Waals surface area contributed by atoms with Crippen molar-refractivity contribution in [1.29, 1.82) is 0 Å². The highest BCUT2D eigenvalue weighted by atomic mass is 16.5. The fourth-order valence-electron chi connectivity index (χ4n) is 3.66. The molecule has 27 heavy (non-hydrogen) atoms. The second-order valence-corrected chi connectivity index (χ2v) is 6.46. The number of rotatable bonds is 8. The summed E-state index contributed by atoms with van der Waals surface area (Å²) in [5, 5.41) is 2.37. The fourth-order valence-corrected chi connectivity index (χ4v) is 3.66. The molecule has 0 amide bonds. The second kappa shape index (κ2) is 9.00. The molecule has 0 aromatic heterocycles. The van der Waals surface area contributed by atoms with Gasteiger partial charge in [-0.3, -0.25) is 0 Å². The zero-order chi connectivity index (χ0) is 19.2. The van der Waals surface area contributed by atoms with Crippen LogP contribution >= 0.6 is 0 Å². The first kappa shape index (κ1) is 19.4. The lowest BCUT2D eigenvalue weighted by atomic mass is 9.89. The second-order valence-electron chi connectivity index (χ2n) is 6.46. The van der Waals surface area contributed by atoms with E-state index in [-0.39, 0.29) is 6.04 Å². The molecule has 5 heteroatoms. The van der Waals surface area contributed by atoms with E-state index in [2.05, 4.69) is 29.6 Å². The molecule has 146 valence electrons. The first-order valence-electron chi connectivity index (χ1n) is 9.78. The molecule has 1 aliphatic heterocycles. The molecule has 1 aliphatic rings. The van der Waals surface area contributed by atoms with Crippen LogP contribution in [0.3, 0.4) is 0 Å². The predicted molar refractivity (Wildman–Crippen MR) is 105 cm³/mol. The number of nitrogens with two attached hydrogens (primary N) is 1. The number of quaternary nitrogens is 1. The maximum absolute atomic E-state index is 5.86. The number of fused-ring (bicyclic) bond motifs is 1. The Labute approximate surface area is 161 Å². The quantitative estimate of drug-likeness (QED) is 0.774. The molecule has 2 aromatic carbocycles. The van der Waals surface area contributed by atoms with Crippen LogP contribution in [0.25, 0.3) is 0 Å².